The topological polar surface area (TPSA) is 87.7 Å². The van der Waals surface area contributed by atoms with Crippen molar-refractivity contribution < 1.29 is 19.4 Å². The fraction of sp³-hybridized carbons (Fsp3) is 0.833. The molecule has 0 bridgehead atoms. The Hall–Kier alpha value is -1.30. The monoisotopic (exact) mass is 258 g/mol. The third kappa shape index (κ3) is 5.35. The minimum absolute atomic E-state index is 0.0310. The maximum atomic E-state index is 11.6. The van der Waals surface area contributed by atoms with Gasteiger partial charge < -0.3 is 20.5 Å². The van der Waals surface area contributed by atoms with E-state index in [1.807, 2.05) is 6.92 Å². The second-order valence-electron chi connectivity index (χ2n) is 4.43. The van der Waals surface area contributed by atoms with Crippen molar-refractivity contribution in [2.24, 2.45) is 0 Å². The number of amides is 2. The molecule has 2 amide bonds. The number of hydrogen-bond acceptors (Lipinski definition) is 3. The summed E-state index contributed by atoms with van der Waals surface area (Å²) >= 11 is 0. The van der Waals surface area contributed by atoms with Crippen molar-refractivity contribution in [2.45, 2.75) is 51.2 Å². The van der Waals surface area contributed by atoms with Gasteiger partial charge in [0.2, 0.25) is 0 Å². The lowest BCUT2D eigenvalue weighted by molar-refractivity contribution is -0.136. The maximum Gasteiger partial charge on any atom is 0.315 e. The standard InChI is InChI=1S/C12H22N2O4/c1-2-18-10-6-4-3-5-9(10)14-12(17)13-8-7-11(15)16/h9-10H,2-8H2,1H3,(H,15,16)(H2,13,14,17)/t9-,10-/m1/s1. The first-order valence-electron chi connectivity index (χ1n) is 6.51. The predicted octanol–water partition coefficient (Wildman–Crippen LogP) is 1.11. The Morgan fingerprint density at radius 3 is 2.72 bits per heavy atom. The van der Waals surface area contributed by atoms with Crippen LogP contribution < -0.4 is 10.6 Å². The van der Waals surface area contributed by atoms with Crippen molar-refractivity contribution in [2.75, 3.05) is 13.2 Å². The molecule has 6 nitrogen and oxygen atoms in total. The third-order valence-corrected chi connectivity index (χ3v) is 3.02. The van der Waals surface area contributed by atoms with Crippen molar-refractivity contribution in [3.05, 3.63) is 0 Å². The van der Waals surface area contributed by atoms with E-state index >= 15 is 0 Å². The molecule has 0 aliphatic heterocycles. The second-order valence-corrected chi connectivity index (χ2v) is 4.43. The number of hydrogen-bond donors (Lipinski definition) is 3. The van der Waals surface area contributed by atoms with Gasteiger partial charge in [-0.3, -0.25) is 4.79 Å². The predicted molar refractivity (Wildman–Crippen MR) is 66.5 cm³/mol. The molecule has 104 valence electrons. The zero-order chi connectivity index (χ0) is 13.4. The molecule has 1 aliphatic carbocycles. The van der Waals surface area contributed by atoms with Crippen molar-refractivity contribution in [1.29, 1.82) is 0 Å². The summed E-state index contributed by atoms with van der Waals surface area (Å²) in [5, 5.41) is 13.9. The highest BCUT2D eigenvalue weighted by Crippen LogP contribution is 2.21. The summed E-state index contributed by atoms with van der Waals surface area (Å²) in [7, 11) is 0. The van der Waals surface area contributed by atoms with Crippen LogP contribution in [-0.4, -0.2) is 42.4 Å². The van der Waals surface area contributed by atoms with Gasteiger partial charge in [-0.1, -0.05) is 12.8 Å². The summed E-state index contributed by atoms with van der Waals surface area (Å²) in [6.45, 7) is 2.73. The van der Waals surface area contributed by atoms with Gasteiger partial charge in [-0.2, -0.15) is 0 Å². The largest absolute Gasteiger partial charge is 0.481 e. The van der Waals surface area contributed by atoms with Gasteiger partial charge in [-0.15, -0.1) is 0 Å². The first kappa shape index (κ1) is 14.8. The molecule has 3 N–H and O–H groups in total. The molecule has 0 aromatic heterocycles. The fourth-order valence-electron chi connectivity index (χ4n) is 2.18. The van der Waals surface area contributed by atoms with Gasteiger partial charge >= 0.3 is 12.0 Å². The van der Waals surface area contributed by atoms with E-state index in [1.54, 1.807) is 0 Å². The van der Waals surface area contributed by atoms with Crippen LogP contribution >= 0.6 is 0 Å². The van der Waals surface area contributed by atoms with E-state index in [4.69, 9.17) is 9.84 Å². The van der Waals surface area contributed by atoms with Crippen molar-refractivity contribution in [3.63, 3.8) is 0 Å². The van der Waals surface area contributed by atoms with Crippen LogP contribution in [0.25, 0.3) is 0 Å². The quantitative estimate of drug-likeness (QED) is 0.666. The van der Waals surface area contributed by atoms with Crippen LogP contribution in [0.1, 0.15) is 39.0 Å². The summed E-state index contributed by atoms with van der Waals surface area (Å²) in [5.74, 6) is -0.917. The van der Waals surface area contributed by atoms with E-state index in [1.165, 1.54) is 0 Å². The molecule has 6 heteroatoms. The average molecular weight is 258 g/mol. The van der Waals surface area contributed by atoms with Crippen molar-refractivity contribution >= 4 is 12.0 Å². The van der Waals surface area contributed by atoms with Gasteiger partial charge in [0.15, 0.2) is 0 Å². The van der Waals surface area contributed by atoms with Gasteiger partial charge in [0, 0.05) is 13.2 Å². The fourth-order valence-corrected chi connectivity index (χ4v) is 2.18. The molecule has 2 atom stereocenters. The van der Waals surface area contributed by atoms with Gasteiger partial charge in [0.05, 0.1) is 18.6 Å². The molecular weight excluding hydrogens is 236 g/mol. The highest BCUT2D eigenvalue weighted by molar-refractivity contribution is 5.75. The lowest BCUT2D eigenvalue weighted by Crippen LogP contribution is -2.50. The molecule has 0 unspecified atom stereocenters. The Kier molecular flexibility index (Phi) is 6.49. The van der Waals surface area contributed by atoms with E-state index < -0.39 is 5.97 Å². The van der Waals surface area contributed by atoms with Crippen LogP contribution in [0.2, 0.25) is 0 Å². The Labute approximate surface area is 107 Å². The SMILES string of the molecule is CCO[C@@H]1CCCC[C@H]1NC(=O)NCCC(=O)O. The summed E-state index contributed by atoms with van der Waals surface area (Å²) in [5.41, 5.74) is 0. The van der Waals surface area contributed by atoms with Gasteiger partial charge in [0.25, 0.3) is 0 Å². The maximum absolute atomic E-state index is 11.6. The molecule has 1 aliphatic rings. The highest BCUT2D eigenvalue weighted by atomic mass is 16.5. The Bertz CT molecular complexity index is 281. The van der Waals surface area contributed by atoms with Crippen LogP contribution in [-0.2, 0) is 9.53 Å². The Balaban J connectivity index is 2.29. The smallest absolute Gasteiger partial charge is 0.315 e. The number of urea groups is 1. The first-order valence-corrected chi connectivity index (χ1v) is 6.51. The normalized spacial score (nSPS) is 23.4. The Morgan fingerprint density at radius 2 is 2.06 bits per heavy atom. The molecule has 0 aromatic rings. The number of nitrogens with one attached hydrogen (secondary N) is 2. The third-order valence-electron chi connectivity index (χ3n) is 3.02. The number of carbonyl (C=O) groups excluding carboxylic acids is 1. The number of carboxylic acid groups (broad SMARTS) is 1. The Morgan fingerprint density at radius 1 is 1.33 bits per heavy atom. The molecule has 0 saturated heterocycles. The molecule has 1 fully saturated rings. The molecule has 0 radical (unpaired) electrons. The van der Waals surface area contributed by atoms with E-state index in [0.717, 1.165) is 25.7 Å². The lowest BCUT2D eigenvalue weighted by atomic mass is 9.92. The van der Waals surface area contributed by atoms with Crippen molar-refractivity contribution in [1.82, 2.24) is 10.6 Å². The number of rotatable bonds is 6. The zero-order valence-corrected chi connectivity index (χ0v) is 10.8. The van der Waals surface area contributed by atoms with Gasteiger partial charge in [-0.05, 0) is 19.8 Å². The van der Waals surface area contributed by atoms with Crippen LogP contribution in [0.4, 0.5) is 4.79 Å². The molecule has 18 heavy (non-hydrogen) atoms. The molecule has 0 spiro atoms. The van der Waals surface area contributed by atoms with E-state index in [-0.39, 0.29) is 31.1 Å². The summed E-state index contributed by atoms with van der Waals surface area (Å²) in [6.07, 6.45) is 4.11. The molecular formula is C12H22N2O4. The molecule has 0 aromatic carbocycles. The van der Waals surface area contributed by atoms with Gasteiger partial charge in [-0.25, -0.2) is 4.79 Å². The minimum atomic E-state index is -0.917. The number of ether oxygens (including phenoxy) is 1. The molecule has 1 rings (SSSR count). The van der Waals surface area contributed by atoms with E-state index in [0.29, 0.717) is 6.61 Å². The van der Waals surface area contributed by atoms with E-state index in [2.05, 4.69) is 10.6 Å². The van der Waals surface area contributed by atoms with Crippen LogP contribution in [0.15, 0.2) is 0 Å². The number of carbonyl (C=O) groups is 2. The number of aliphatic carboxylic acids is 1. The van der Waals surface area contributed by atoms with Crippen LogP contribution in [0.3, 0.4) is 0 Å². The number of carboxylic acids is 1. The summed E-state index contributed by atoms with van der Waals surface area (Å²) in [6, 6.07) is -0.281. The van der Waals surface area contributed by atoms with Crippen LogP contribution in [0.5, 0.6) is 0 Å². The van der Waals surface area contributed by atoms with Gasteiger partial charge in [0.1, 0.15) is 0 Å². The van der Waals surface area contributed by atoms with E-state index in [9.17, 15) is 9.59 Å². The first-order chi connectivity index (χ1) is 8.63. The molecule has 0 heterocycles. The lowest BCUT2D eigenvalue weighted by Gasteiger charge is -2.31. The zero-order valence-electron chi connectivity index (χ0n) is 10.8. The average Bonchev–Trinajstić information content (AvgIpc) is 2.31. The molecule has 1 saturated carbocycles. The van der Waals surface area contributed by atoms with Crippen molar-refractivity contribution in [3.8, 4) is 0 Å². The van der Waals surface area contributed by atoms with Crippen LogP contribution in [0, 0.1) is 0 Å². The second kappa shape index (κ2) is 7.92. The summed E-state index contributed by atoms with van der Waals surface area (Å²) < 4.78 is 5.60. The summed E-state index contributed by atoms with van der Waals surface area (Å²) in [4.78, 5) is 21.9. The minimum Gasteiger partial charge on any atom is -0.481 e. The highest BCUT2D eigenvalue weighted by Gasteiger charge is 2.26.